The largest absolute Gasteiger partial charge is 0.493 e. The predicted octanol–water partition coefficient (Wildman–Crippen LogP) is 1.43. The predicted molar refractivity (Wildman–Crippen MR) is 55.4 cm³/mol. The first kappa shape index (κ1) is 9.83. The molecule has 4 nitrogen and oxygen atoms in total. The van der Waals surface area contributed by atoms with Crippen molar-refractivity contribution in [1.29, 1.82) is 0 Å². The van der Waals surface area contributed by atoms with Crippen LogP contribution in [0.25, 0.3) is 0 Å². The fourth-order valence-electron chi connectivity index (χ4n) is 1.71. The van der Waals surface area contributed by atoms with Crippen molar-refractivity contribution in [2.45, 2.75) is 12.8 Å². The first-order valence-electron chi connectivity index (χ1n) is 4.97. The Morgan fingerprint density at radius 1 is 1.53 bits per heavy atom. The molecule has 1 aliphatic rings. The van der Waals surface area contributed by atoms with Gasteiger partial charge in [-0.1, -0.05) is 12.1 Å². The molecule has 0 atom stereocenters. The number of ether oxygens (including phenoxy) is 1. The molecule has 0 saturated heterocycles. The van der Waals surface area contributed by atoms with Gasteiger partial charge in [0.1, 0.15) is 5.75 Å². The summed E-state index contributed by atoms with van der Waals surface area (Å²) in [6.07, 6.45) is 0.703. The van der Waals surface area contributed by atoms with Crippen LogP contribution in [-0.2, 0) is 12.8 Å². The van der Waals surface area contributed by atoms with Gasteiger partial charge in [0.05, 0.1) is 6.61 Å². The van der Waals surface area contributed by atoms with Gasteiger partial charge in [0.25, 0.3) is 0 Å². The highest BCUT2D eigenvalue weighted by molar-refractivity contribution is 5.64. The molecule has 4 heteroatoms. The monoisotopic (exact) mass is 207 g/mol. The Balaban J connectivity index is 1.95. The van der Waals surface area contributed by atoms with E-state index < -0.39 is 6.09 Å². The number of amides is 1. The Morgan fingerprint density at radius 3 is 3.20 bits per heavy atom. The van der Waals surface area contributed by atoms with Crippen molar-refractivity contribution in [2.75, 3.05) is 13.2 Å². The van der Waals surface area contributed by atoms with Gasteiger partial charge in [0, 0.05) is 13.0 Å². The van der Waals surface area contributed by atoms with Gasteiger partial charge in [-0.3, -0.25) is 0 Å². The molecule has 1 amide bonds. The van der Waals surface area contributed by atoms with E-state index in [4.69, 9.17) is 9.84 Å². The lowest BCUT2D eigenvalue weighted by Crippen LogP contribution is -2.23. The standard InChI is InChI=1S/C11H13NO3/c13-11(14)12-5-3-8-1-2-10-9(7-8)4-6-15-10/h1-2,7,12H,3-6H2,(H,13,14). The van der Waals surface area contributed by atoms with Gasteiger partial charge in [0.15, 0.2) is 0 Å². The van der Waals surface area contributed by atoms with Gasteiger partial charge < -0.3 is 15.2 Å². The number of fused-ring (bicyclic) bond motifs is 1. The summed E-state index contributed by atoms with van der Waals surface area (Å²) in [6.45, 7) is 1.21. The summed E-state index contributed by atoms with van der Waals surface area (Å²) in [4.78, 5) is 10.2. The third-order valence-electron chi connectivity index (χ3n) is 2.44. The van der Waals surface area contributed by atoms with E-state index in [1.54, 1.807) is 0 Å². The average Bonchev–Trinajstić information content (AvgIpc) is 2.64. The quantitative estimate of drug-likeness (QED) is 0.788. The maximum Gasteiger partial charge on any atom is 0.404 e. The van der Waals surface area contributed by atoms with E-state index in [0.717, 1.165) is 30.8 Å². The first-order valence-corrected chi connectivity index (χ1v) is 4.97. The molecule has 0 radical (unpaired) electrons. The van der Waals surface area contributed by atoms with E-state index in [1.165, 1.54) is 5.56 Å². The molecule has 1 heterocycles. The van der Waals surface area contributed by atoms with Crippen LogP contribution in [0.1, 0.15) is 11.1 Å². The van der Waals surface area contributed by atoms with Crippen LogP contribution in [-0.4, -0.2) is 24.4 Å². The minimum atomic E-state index is -0.973. The van der Waals surface area contributed by atoms with Gasteiger partial charge in [-0.25, -0.2) is 4.79 Å². The summed E-state index contributed by atoms with van der Waals surface area (Å²) in [5.74, 6) is 0.963. The van der Waals surface area contributed by atoms with Crippen LogP contribution in [0.5, 0.6) is 5.75 Å². The fraction of sp³-hybridized carbons (Fsp3) is 0.364. The first-order chi connectivity index (χ1) is 7.25. The Hall–Kier alpha value is -1.71. The van der Waals surface area contributed by atoms with Crippen LogP contribution in [0.15, 0.2) is 18.2 Å². The third kappa shape index (κ3) is 2.40. The van der Waals surface area contributed by atoms with Crippen molar-refractivity contribution in [2.24, 2.45) is 0 Å². The number of hydrogen-bond acceptors (Lipinski definition) is 2. The van der Waals surface area contributed by atoms with E-state index >= 15 is 0 Å². The average molecular weight is 207 g/mol. The molecule has 1 aromatic carbocycles. The second-order valence-electron chi connectivity index (χ2n) is 3.52. The zero-order valence-corrected chi connectivity index (χ0v) is 8.32. The fourth-order valence-corrected chi connectivity index (χ4v) is 1.71. The molecular formula is C11H13NO3. The van der Waals surface area contributed by atoms with Gasteiger partial charge in [0.2, 0.25) is 0 Å². The van der Waals surface area contributed by atoms with Crippen molar-refractivity contribution in [3.63, 3.8) is 0 Å². The Kier molecular flexibility index (Phi) is 2.76. The molecule has 15 heavy (non-hydrogen) atoms. The normalized spacial score (nSPS) is 13.1. The van der Waals surface area contributed by atoms with Crippen LogP contribution in [0.3, 0.4) is 0 Å². The molecule has 0 spiro atoms. The van der Waals surface area contributed by atoms with Gasteiger partial charge in [-0.15, -0.1) is 0 Å². The topological polar surface area (TPSA) is 58.6 Å². The molecule has 2 rings (SSSR count). The molecule has 0 bridgehead atoms. The molecule has 0 unspecified atom stereocenters. The smallest absolute Gasteiger partial charge is 0.404 e. The van der Waals surface area contributed by atoms with Crippen LogP contribution in [0.2, 0.25) is 0 Å². The van der Waals surface area contributed by atoms with Gasteiger partial charge in [-0.2, -0.15) is 0 Å². The van der Waals surface area contributed by atoms with Crippen LogP contribution >= 0.6 is 0 Å². The van der Waals surface area contributed by atoms with E-state index in [0.29, 0.717) is 6.54 Å². The van der Waals surface area contributed by atoms with Crippen LogP contribution in [0, 0.1) is 0 Å². The molecule has 2 N–H and O–H groups in total. The molecule has 80 valence electrons. The third-order valence-corrected chi connectivity index (χ3v) is 2.44. The minimum Gasteiger partial charge on any atom is -0.493 e. The number of benzene rings is 1. The van der Waals surface area contributed by atoms with E-state index in [-0.39, 0.29) is 0 Å². The van der Waals surface area contributed by atoms with Crippen molar-refractivity contribution in [3.8, 4) is 5.75 Å². The number of hydrogen-bond donors (Lipinski definition) is 2. The maximum atomic E-state index is 10.2. The summed E-state index contributed by atoms with van der Waals surface area (Å²) in [5, 5.41) is 10.8. The lowest BCUT2D eigenvalue weighted by Gasteiger charge is -2.04. The molecular weight excluding hydrogens is 194 g/mol. The van der Waals surface area contributed by atoms with Crippen LogP contribution < -0.4 is 10.1 Å². The highest BCUT2D eigenvalue weighted by atomic mass is 16.5. The van der Waals surface area contributed by atoms with Crippen molar-refractivity contribution in [3.05, 3.63) is 29.3 Å². The molecule has 0 aromatic heterocycles. The molecule has 0 saturated carbocycles. The van der Waals surface area contributed by atoms with Crippen molar-refractivity contribution >= 4 is 6.09 Å². The van der Waals surface area contributed by atoms with Crippen molar-refractivity contribution < 1.29 is 14.6 Å². The van der Waals surface area contributed by atoms with E-state index in [9.17, 15) is 4.79 Å². The second kappa shape index (κ2) is 4.21. The summed E-state index contributed by atoms with van der Waals surface area (Å²) in [5.41, 5.74) is 2.37. The SMILES string of the molecule is O=C(O)NCCc1ccc2c(c1)CCO2. The molecule has 0 fully saturated rings. The van der Waals surface area contributed by atoms with Gasteiger partial charge in [-0.05, 0) is 23.6 Å². The number of nitrogens with one attached hydrogen (secondary N) is 1. The second-order valence-corrected chi connectivity index (χ2v) is 3.52. The Morgan fingerprint density at radius 2 is 2.40 bits per heavy atom. The number of carboxylic acid groups (broad SMARTS) is 1. The van der Waals surface area contributed by atoms with E-state index in [2.05, 4.69) is 11.4 Å². The highest BCUT2D eigenvalue weighted by Crippen LogP contribution is 2.25. The molecule has 1 aliphatic heterocycles. The zero-order chi connectivity index (χ0) is 10.7. The number of carbonyl (C=O) groups is 1. The summed E-state index contributed by atoms with van der Waals surface area (Å²) in [7, 11) is 0. The summed E-state index contributed by atoms with van der Waals surface area (Å²) < 4.78 is 5.39. The Labute approximate surface area is 87.9 Å². The molecule has 1 aromatic rings. The van der Waals surface area contributed by atoms with E-state index in [1.807, 2.05) is 12.1 Å². The summed E-state index contributed by atoms with van der Waals surface area (Å²) in [6, 6.07) is 6.03. The summed E-state index contributed by atoms with van der Waals surface area (Å²) >= 11 is 0. The lowest BCUT2D eigenvalue weighted by molar-refractivity contribution is 0.194. The van der Waals surface area contributed by atoms with Gasteiger partial charge >= 0.3 is 6.09 Å². The maximum absolute atomic E-state index is 10.2. The number of rotatable bonds is 3. The van der Waals surface area contributed by atoms with Crippen molar-refractivity contribution in [1.82, 2.24) is 5.32 Å². The van der Waals surface area contributed by atoms with Crippen LogP contribution in [0.4, 0.5) is 4.79 Å². The lowest BCUT2D eigenvalue weighted by atomic mass is 10.1. The zero-order valence-electron chi connectivity index (χ0n) is 8.32. The Bertz CT molecular complexity index is 376. The molecule has 0 aliphatic carbocycles. The minimum absolute atomic E-state index is 0.453. The highest BCUT2D eigenvalue weighted by Gasteiger charge is 2.11.